The minimum absolute atomic E-state index is 0.00839. The Balaban J connectivity index is 1.95. The van der Waals surface area contributed by atoms with Crippen LogP contribution in [-0.2, 0) is 9.59 Å². The van der Waals surface area contributed by atoms with Gasteiger partial charge in [-0.15, -0.1) is 0 Å². The predicted octanol–water partition coefficient (Wildman–Crippen LogP) is 2.52. The summed E-state index contributed by atoms with van der Waals surface area (Å²) >= 11 is 0. The van der Waals surface area contributed by atoms with Crippen molar-refractivity contribution in [3.8, 4) is 0 Å². The van der Waals surface area contributed by atoms with Crippen LogP contribution in [0.4, 0.5) is 5.69 Å². The van der Waals surface area contributed by atoms with Crippen molar-refractivity contribution in [1.29, 1.82) is 0 Å². The molecule has 1 aliphatic rings. The maximum Gasteiger partial charge on any atom is 0.229 e. The molecule has 4 nitrogen and oxygen atoms in total. The normalized spacial score (nSPS) is 18.9. The quantitative estimate of drug-likeness (QED) is 0.920. The molecule has 20 heavy (non-hydrogen) atoms. The number of likely N-dealkylation sites (tertiary alicyclic amines) is 1. The molecule has 4 heteroatoms. The van der Waals surface area contributed by atoms with E-state index in [0.717, 1.165) is 25.1 Å². The molecule has 1 fully saturated rings. The molecule has 1 heterocycles. The number of carbonyl (C=O) groups excluding carboxylic acids is 2. The number of hydrogen-bond acceptors (Lipinski definition) is 2. The molecule has 2 rings (SSSR count). The number of nitrogens with zero attached hydrogens (tertiary/aromatic N) is 1. The van der Waals surface area contributed by atoms with E-state index >= 15 is 0 Å². The Hall–Kier alpha value is -1.84. The van der Waals surface area contributed by atoms with Gasteiger partial charge in [-0.1, -0.05) is 32.0 Å². The van der Waals surface area contributed by atoms with Gasteiger partial charge in [0.25, 0.3) is 0 Å². The van der Waals surface area contributed by atoms with Crippen LogP contribution in [0.1, 0.15) is 26.7 Å². The van der Waals surface area contributed by atoms with Crippen molar-refractivity contribution in [3.63, 3.8) is 0 Å². The van der Waals surface area contributed by atoms with Crippen LogP contribution < -0.4 is 5.32 Å². The monoisotopic (exact) mass is 274 g/mol. The zero-order valence-corrected chi connectivity index (χ0v) is 12.1. The Kier molecular flexibility index (Phi) is 4.77. The van der Waals surface area contributed by atoms with Crippen LogP contribution in [0.3, 0.4) is 0 Å². The van der Waals surface area contributed by atoms with E-state index in [2.05, 4.69) is 5.32 Å². The second kappa shape index (κ2) is 6.55. The largest absolute Gasteiger partial charge is 0.342 e. The molecule has 1 atom stereocenters. The van der Waals surface area contributed by atoms with Gasteiger partial charge in [-0.05, 0) is 25.0 Å². The Morgan fingerprint density at radius 3 is 2.60 bits per heavy atom. The van der Waals surface area contributed by atoms with Crippen LogP contribution in [0.25, 0.3) is 0 Å². The van der Waals surface area contributed by atoms with Gasteiger partial charge in [0.1, 0.15) is 0 Å². The van der Waals surface area contributed by atoms with E-state index in [1.165, 1.54) is 0 Å². The van der Waals surface area contributed by atoms with Gasteiger partial charge in [0.15, 0.2) is 0 Å². The molecule has 0 bridgehead atoms. The zero-order chi connectivity index (χ0) is 14.5. The maximum absolute atomic E-state index is 12.3. The van der Waals surface area contributed by atoms with Crippen LogP contribution in [0.5, 0.6) is 0 Å². The number of nitrogens with one attached hydrogen (secondary N) is 1. The minimum atomic E-state index is -0.105. The van der Waals surface area contributed by atoms with Crippen LogP contribution in [-0.4, -0.2) is 29.8 Å². The Bertz CT molecular complexity index is 471. The summed E-state index contributed by atoms with van der Waals surface area (Å²) in [4.78, 5) is 26.1. The summed E-state index contributed by atoms with van der Waals surface area (Å²) in [6.07, 6.45) is 1.74. The van der Waals surface area contributed by atoms with Crippen molar-refractivity contribution >= 4 is 17.5 Å². The fraction of sp³-hybridized carbons (Fsp3) is 0.500. The third kappa shape index (κ3) is 3.59. The van der Waals surface area contributed by atoms with E-state index in [0.29, 0.717) is 6.54 Å². The lowest BCUT2D eigenvalue weighted by Gasteiger charge is -2.33. The van der Waals surface area contributed by atoms with Gasteiger partial charge in [-0.2, -0.15) is 0 Å². The molecule has 0 aromatic heterocycles. The van der Waals surface area contributed by atoms with E-state index in [4.69, 9.17) is 0 Å². The average molecular weight is 274 g/mol. The summed E-state index contributed by atoms with van der Waals surface area (Å²) in [5.74, 6) is 0.0391. The molecule has 1 saturated heterocycles. The van der Waals surface area contributed by atoms with E-state index in [-0.39, 0.29) is 23.7 Å². The standard InChI is InChI=1S/C16H22N2O2/c1-12(2)16(20)18-10-6-7-13(11-18)15(19)17-14-8-4-3-5-9-14/h3-5,8-9,12-13H,6-7,10-11H2,1-2H3,(H,17,19). The number of amides is 2. The van der Waals surface area contributed by atoms with Gasteiger partial charge in [-0.3, -0.25) is 9.59 Å². The van der Waals surface area contributed by atoms with Crippen LogP contribution in [0.15, 0.2) is 30.3 Å². The number of hydrogen-bond donors (Lipinski definition) is 1. The molecular weight excluding hydrogens is 252 g/mol. The SMILES string of the molecule is CC(C)C(=O)N1CCCC(C(=O)Nc2ccccc2)C1. The van der Waals surface area contributed by atoms with Gasteiger partial charge in [0.2, 0.25) is 11.8 Å². The molecular formula is C16H22N2O2. The first-order valence-electron chi connectivity index (χ1n) is 7.22. The second-order valence-corrected chi connectivity index (χ2v) is 5.63. The predicted molar refractivity (Wildman–Crippen MR) is 79.2 cm³/mol. The number of carbonyl (C=O) groups is 2. The number of benzene rings is 1. The lowest BCUT2D eigenvalue weighted by molar-refractivity contribution is -0.137. The second-order valence-electron chi connectivity index (χ2n) is 5.63. The third-order valence-corrected chi connectivity index (χ3v) is 3.64. The summed E-state index contributed by atoms with van der Waals surface area (Å²) in [7, 11) is 0. The molecule has 0 radical (unpaired) electrons. The van der Waals surface area contributed by atoms with E-state index in [9.17, 15) is 9.59 Å². The first-order valence-corrected chi connectivity index (χ1v) is 7.22. The molecule has 2 amide bonds. The van der Waals surface area contributed by atoms with Crippen molar-refractivity contribution in [2.45, 2.75) is 26.7 Å². The average Bonchev–Trinajstić information content (AvgIpc) is 2.47. The highest BCUT2D eigenvalue weighted by Crippen LogP contribution is 2.20. The van der Waals surface area contributed by atoms with Gasteiger partial charge in [-0.25, -0.2) is 0 Å². The zero-order valence-electron chi connectivity index (χ0n) is 12.1. The number of anilines is 1. The van der Waals surface area contributed by atoms with Gasteiger partial charge < -0.3 is 10.2 Å². The van der Waals surface area contributed by atoms with E-state index in [1.807, 2.05) is 49.1 Å². The van der Waals surface area contributed by atoms with Gasteiger partial charge >= 0.3 is 0 Å². The molecule has 0 saturated carbocycles. The van der Waals surface area contributed by atoms with Crippen molar-refractivity contribution in [2.24, 2.45) is 11.8 Å². The third-order valence-electron chi connectivity index (χ3n) is 3.64. The van der Waals surface area contributed by atoms with Crippen molar-refractivity contribution in [2.75, 3.05) is 18.4 Å². The highest BCUT2D eigenvalue weighted by Gasteiger charge is 2.29. The summed E-state index contributed by atoms with van der Waals surface area (Å²) in [6, 6.07) is 9.45. The molecule has 1 unspecified atom stereocenters. The maximum atomic E-state index is 12.3. The Morgan fingerprint density at radius 2 is 1.95 bits per heavy atom. The number of rotatable bonds is 3. The van der Waals surface area contributed by atoms with Crippen LogP contribution in [0.2, 0.25) is 0 Å². The van der Waals surface area contributed by atoms with Crippen molar-refractivity contribution in [3.05, 3.63) is 30.3 Å². The first kappa shape index (κ1) is 14.6. The molecule has 1 N–H and O–H groups in total. The molecule has 0 spiro atoms. The van der Waals surface area contributed by atoms with Crippen LogP contribution >= 0.6 is 0 Å². The smallest absolute Gasteiger partial charge is 0.229 e. The number of piperidine rings is 1. The van der Waals surface area contributed by atoms with Crippen molar-refractivity contribution in [1.82, 2.24) is 4.90 Å². The number of para-hydroxylation sites is 1. The lowest BCUT2D eigenvalue weighted by Crippen LogP contribution is -2.45. The highest BCUT2D eigenvalue weighted by atomic mass is 16.2. The van der Waals surface area contributed by atoms with E-state index < -0.39 is 0 Å². The summed E-state index contributed by atoms with van der Waals surface area (Å²) in [5.41, 5.74) is 0.810. The molecule has 108 valence electrons. The lowest BCUT2D eigenvalue weighted by atomic mass is 9.96. The Morgan fingerprint density at radius 1 is 1.25 bits per heavy atom. The summed E-state index contributed by atoms with van der Waals surface area (Å²) in [5, 5.41) is 2.92. The van der Waals surface area contributed by atoms with E-state index in [1.54, 1.807) is 0 Å². The summed E-state index contributed by atoms with van der Waals surface area (Å²) in [6.45, 7) is 5.10. The van der Waals surface area contributed by atoms with Crippen LogP contribution in [0, 0.1) is 11.8 Å². The molecule has 1 aliphatic heterocycles. The Labute approximate surface area is 120 Å². The van der Waals surface area contributed by atoms with Crippen molar-refractivity contribution < 1.29 is 9.59 Å². The first-order chi connectivity index (χ1) is 9.58. The van der Waals surface area contributed by atoms with Gasteiger partial charge in [0.05, 0.1) is 5.92 Å². The highest BCUT2D eigenvalue weighted by molar-refractivity contribution is 5.93. The fourth-order valence-electron chi connectivity index (χ4n) is 2.52. The topological polar surface area (TPSA) is 49.4 Å². The molecule has 1 aromatic rings. The molecule has 1 aromatic carbocycles. The minimum Gasteiger partial charge on any atom is -0.342 e. The van der Waals surface area contributed by atoms with Gasteiger partial charge in [0, 0.05) is 24.7 Å². The fourth-order valence-corrected chi connectivity index (χ4v) is 2.52. The molecule has 0 aliphatic carbocycles. The summed E-state index contributed by atoms with van der Waals surface area (Å²) < 4.78 is 0.